The van der Waals surface area contributed by atoms with Crippen LogP contribution >= 0.6 is 0 Å². The maximum Gasteiger partial charge on any atom is 0.246 e. The highest BCUT2D eigenvalue weighted by Crippen LogP contribution is 2.31. The molecule has 0 bridgehead atoms. The number of nitrogens with zero attached hydrogens (tertiary/aromatic N) is 2. The zero-order valence-electron chi connectivity index (χ0n) is 17.5. The Morgan fingerprint density at radius 2 is 1.79 bits per heavy atom. The summed E-state index contributed by atoms with van der Waals surface area (Å²) in [4.78, 5) is 16.7. The quantitative estimate of drug-likeness (QED) is 0.694. The van der Waals surface area contributed by atoms with Crippen molar-refractivity contribution in [3.05, 3.63) is 29.8 Å². The van der Waals surface area contributed by atoms with Crippen LogP contribution in [0.1, 0.15) is 51.5 Å². The first-order valence-corrected chi connectivity index (χ1v) is 10.6. The van der Waals surface area contributed by atoms with E-state index in [0.717, 1.165) is 68.9 Å². The zero-order valence-corrected chi connectivity index (χ0v) is 17.5. The first kappa shape index (κ1) is 20.7. The highest BCUT2D eigenvalue weighted by Gasteiger charge is 2.23. The molecular weight excluding hydrogens is 352 g/mol. The van der Waals surface area contributed by atoms with E-state index in [1.807, 2.05) is 29.2 Å². The minimum Gasteiger partial charge on any atom is -0.493 e. The van der Waals surface area contributed by atoms with E-state index in [0.29, 0.717) is 6.04 Å². The molecule has 0 spiro atoms. The molecule has 0 unspecified atom stereocenters. The van der Waals surface area contributed by atoms with E-state index < -0.39 is 0 Å². The van der Waals surface area contributed by atoms with Crippen molar-refractivity contribution < 1.29 is 14.3 Å². The number of carbonyl (C=O) groups is 1. The Bertz CT molecular complexity index is 672. The van der Waals surface area contributed by atoms with Crippen LogP contribution in [0.4, 0.5) is 0 Å². The number of carbonyl (C=O) groups excluding carboxylic acids is 1. The van der Waals surface area contributed by atoms with Gasteiger partial charge in [-0.3, -0.25) is 4.79 Å². The number of piperidine rings is 2. The van der Waals surface area contributed by atoms with E-state index in [4.69, 9.17) is 9.47 Å². The van der Waals surface area contributed by atoms with E-state index in [1.165, 1.54) is 6.42 Å². The van der Waals surface area contributed by atoms with Gasteiger partial charge in [-0.1, -0.05) is 6.07 Å². The predicted molar refractivity (Wildman–Crippen MR) is 113 cm³/mol. The lowest BCUT2D eigenvalue weighted by Crippen LogP contribution is -2.41. The highest BCUT2D eigenvalue weighted by molar-refractivity contribution is 5.91. The normalized spacial score (nSPS) is 19.4. The summed E-state index contributed by atoms with van der Waals surface area (Å²) in [6, 6.07) is 6.48. The lowest BCUT2D eigenvalue weighted by atomic mass is 10.1. The van der Waals surface area contributed by atoms with Crippen LogP contribution in [0, 0.1) is 0 Å². The Morgan fingerprint density at radius 3 is 2.43 bits per heavy atom. The second kappa shape index (κ2) is 9.97. The molecule has 2 aliphatic heterocycles. The molecule has 2 fully saturated rings. The molecule has 0 saturated carbocycles. The van der Waals surface area contributed by atoms with Crippen molar-refractivity contribution in [1.29, 1.82) is 0 Å². The number of benzene rings is 1. The van der Waals surface area contributed by atoms with Crippen molar-refractivity contribution in [1.82, 2.24) is 9.80 Å². The van der Waals surface area contributed by atoms with Gasteiger partial charge in [-0.2, -0.15) is 0 Å². The van der Waals surface area contributed by atoms with Crippen molar-refractivity contribution in [2.24, 2.45) is 0 Å². The van der Waals surface area contributed by atoms with Gasteiger partial charge in [-0.15, -0.1) is 0 Å². The second-order valence-electron chi connectivity index (χ2n) is 8.08. The van der Waals surface area contributed by atoms with Crippen molar-refractivity contribution in [3.8, 4) is 11.5 Å². The number of methoxy groups -OCH3 is 1. The summed E-state index contributed by atoms with van der Waals surface area (Å²) in [5.74, 6) is 1.60. The van der Waals surface area contributed by atoms with Crippen LogP contribution in [0.5, 0.6) is 11.5 Å². The van der Waals surface area contributed by atoms with Crippen LogP contribution in [0.15, 0.2) is 24.3 Å². The van der Waals surface area contributed by atoms with Crippen molar-refractivity contribution in [2.45, 2.75) is 58.1 Å². The van der Waals surface area contributed by atoms with E-state index in [-0.39, 0.29) is 12.0 Å². The molecule has 2 aliphatic rings. The fraction of sp³-hybridized carbons (Fsp3) is 0.609. The Balaban J connectivity index is 1.59. The van der Waals surface area contributed by atoms with Gasteiger partial charge in [0, 0.05) is 38.3 Å². The summed E-state index contributed by atoms with van der Waals surface area (Å²) in [5, 5.41) is 0. The minimum absolute atomic E-state index is 0.0934. The molecule has 0 radical (unpaired) electrons. The average molecular weight is 387 g/mol. The third-order valence-electron chi connectivity index (χ3n) is 5.77. The maximum absolute atomic E-state index is 12.3. The average Bonchev–Trinajstić information content (AvgIpc) is 2.73. The molecule has 154 valence electrons. The van der Waals surface area contributed by atoms with Gasteiger partial charge in [0.2, 0.25) is 5.91 Å². The second-order valence-corrected chi connectivity index (χ2v) is 8.08. The van der Waals surface area contributed by atoms with Gasteiger partial charge in [0.15, 0.2) is 11.5 Å². The number of likely N-dealkylation sites (tertiary alicyclic amines) is 2. The van der Waals surface area contributed by atoms with Crippen LogP contribution in [0.25, 0.3) is 6.08 Å². The molecule has 5 nitrogen and oxygen atoms in total. The van der Waals surface area contributed by atoms with Crippen LogP contribution in [-0.4, -0.2) is 61.1 Å². The summed E-state index contributed by atoms with van der Waals surface area (Å²) in [6.45, 7) is 8.37. The topological polar surface area (TPSA) is 42.0 Å². The molecule has 1 aromatic rings. The van der Waals surface area contributed by atoms with Gasteiger partial charge < -0.3 is 19.3 Å². The molecule has 2 saturated heterocycles. The van der Waals surface area contributed by atoms with Gasteiger partial charge >= 0.3 is 0 Å². The Kier molecular flexibility index (Phi) is 7.37. The Hall–Kier alpha value is -2.01. The number of rotatable bonds is 6. The molecule has 28 heavy (non-hydrogen) atoms. The number of ether oxygens (including phenoxy) is 2. The van der Waals surface area contributed by atoms with E-state index in [9.17, 15) is 4.79 Å². The third kappa shape index (κ3) is 5.51. The Labute approximate surface area is 169 Å². The zero-order chi connectivity index (χ0) is 19.9. The van der Waals surface area contributed by atoms with Gasteiger partial charge in [0.05, 0.1) is 7.11 Å². The van der Waals surface area contributed by atoms with Crippen LogP contribution in [-0.2, 0) is 4.79 Å². The molecule has 0 aliphatic carbocycles. The summed E-state index contributed by atoms with van der Waals surface area (Å²) >= 11 is 0. The van der Waals surface area contributed by atoms with Crippen LogP contribution in [0.2, 0.25) is 0 Å². The number of hydrogen-bond donors (Lipinski definition) is 0. The SMILES string of the molecule is COc1cc(/C=C/C(=O)N2CCCCC2)ccc1OC1CCN(C(C)C)CC1. The molecule has 5 heteroatoms. The fourth-order valence-electron chi connectivity index (χ4n) is 3.96. The smallest absolute Gasteiger partial charge is 0.246 e. The largest absolute Gasteiger partial charge is 0.493 e. The molecule has 3 rings (SSSR count). The highest BCUT2D eigenvalue weighted by atomic mass is 16.5. The summed E-state index contributed by atoms with van der Waals surface area (Å²) in [6.07, 6.45) is 9.27. The lowest BCUT2D eigenvalue weighted by Gasteiger charge is -2.34. The third-order valence-corrected chi connectivity index (χ3v) is 5.77. The van der Waals surface area contributed by atoms with Crippen LogP contribution in [0.3, 0.4) is 0 Å². The Morgan fingerprint density at radius 1 is 1.07 bits per heavy atom. The molecule has 1 amide bonds. The van der Waals surface area contributed by atoms with Crippen molar-refractivity contribution in [2.75, 3.05) is 33.3 Å². The van der Waals surface area contributed by atoms with E-state index >= 15 is 0 Å². The minimum atomic E-state index is 0.0934. The molecule has 1 aromatic carbocycles. The molecular formula is C23H34N2O3. The van der Waals surface area contributed by atoms with E-state index in [1.54, 1.807) is 13.2 Å². The predicted octanol–water partition coefficient (Wildman–Crippen LogP) is 3.97. The van der Waals surface area contributed by atoms with Gasteiger partial charge in [-0.25, -0.2) is 0 Å². The fourth-order valence-corrected chi connectivity index (χ4v) is 3.96. The van der Waals surface area contributed by atoms with Gasteiger partial charge in [0.25, 0.3) is 0 Å². The number of hydrogen-bond acceptors (Lipinski definition) is 4. The van der Waals surface area contributed by atoms with Crippen molar-refractivity contribution in [3.63, 3.8) is 0 Å². The van der Waals surface area contributed by atoms with Crippen LogP contribution < -0.4 is 9.47 Å². The lowest BCUT2D eigenvalue weighted by molar-refractivity contribution is -0.126. The van der Waals surface area contributed by atoms with E-state index in [2.05, 4.69) is 18.7 Å². The molecule has 0 aromatic heterocycles. The summed E-state index contributed by atoms with van der Waals surface area (Å²) in [7, 11) is 1.66. The molecule has 2 heterocycles. The molecule has 0 atom stereocenters. The number of amides is 1. The summed E-state index contributed by atoms with van der Waals surface area (Å²) < 4.78 is 11.8. The maximum atomic E-state index is 12.3. The van der Waals surface area contributed by atoms with Gasteiger partial charge in [-0.05, 0) is 69.7 Å². The monoisotopic (exact) mass is 386 g/mol. The standard InChI is InChI=1S/C23H34N2O3/c1-18(2)24-15-11-20(12-16-24)28-21-9-7-19(17-22(21)27-3)8-10-23(26)25-13-5-4-6-14-25/h7-10,17-18,20H,4-6,11-16H2,1-3H3/b10-8+. The first-order valence-electron chi connectivity index (χ1n) is 10.6. The van der Waals surface area contributed by atoms with Gasteiger partial charge in [0.1, 0.15) is 6.10 Å². The molecule has 0 N–H and O–H groups in total. The summed E-state index contributed by atoms with van der Waals surface area (Å²) in [5.41, 5.74) is 0.948. The van der Waals surface area contributed by atoms with Crippen molar-refractivity contribution >= 4 is 12.0 Å². The first-order chi connectivity index (χ1) is 13.6.